The molecule has 4 nitrogen and oxygen atoms in total. The van der Waals surface area contributed by atoms with Crippen LogP contribution in [-0.2, 0) is 14.6 Å². The van der Waals surface area contributed by atoms with E-state index in [1.54, 1.807) is 18.2 Å². The number of aliphatic carboxylic acids is 1. The maximum Gasteiger partial charge on any atom is 0.307 e. The minimum absolute atomic E-state index is 0.180. The Morgan fingerprint density at radius 2 is 1.80 bits per heavy atom. The van der Waals surface area contributed by atoms with Crippen LogP contribution >= 0.6 is 0 Å². The number of sulfone groups is 1. The predicted octanol–water partition coefficient (Wildman–Crippen LogP) is 3.62. The SMILES string of the molecule is CC1=C(CC(=O)O)c2cc(F)ccc2C1c1ccc(S(C)(=O)=O)cc1. The van der Waals surface area contributed by atoms with Crippen molar-refractivity contribution in [3.8, 4) is 0 Å². The number of allylic oxidation sites excluding steroid dienone is 1. The van der Waals surface area contributed by atoms with Gasteiger partial charge in [0.25, 0.3) is 0 Å². The van der Waals surface area contributed by atoms with Crippen molar-refractivity contribution in [1.82, 2.24) is 0 Å². The number of halogens is 1. The van der Waals surface area contributed by atoms with Crippen LogP contribution in [0.1, 0.15) is 36.0 Å². The molecule has 1 aliphatic carbocycles. The average Bonchev–Trinajstić information content (AvgIpc) is 2.78. The summed E-state index contributed by atoms with van der Waals surface area (Å²) in [6.45, 7) is 1.84. The fraction of sp³-hybridized carbons (Fsp3) is 0.211. The van der Waals surface area contributed by atoms with E-state index < -0.39 is 21.6 Å². The van der Waals surface area contributed by atoms with Gasteiger partial charge in [-0.15, -0.1) is 0 Å². The lowest BCUT2D eigenvalue weighted by Crippen LogP contribution is -2.02. The topological polar surface area (TPSA) is 71.4 Å². The van der Waals surface area contributed by atoms with Crippen molar-refractivity contribution in [3.05, 3.63) is 70.5 Å². The lowest BCUT2D eigenvalue weighted by molar-refractivity contribution is -0.135. The maximum atomic E-state index is 13.7. The number of carbonyl (C=O) groups is 1. The zero-order valence-electron chi connectivity index (χ0n) is 13.8. The summed E-state index contributed by atoms with van der Waals surface area (Å²) in [5.41, 5.74) is 3.74. The van der Waals surface area contributed by atoms with Gasteiger partial charge in [0.2, 0.25) is 0 Å². The highest BCUT2D eigenvalue weighted by Crippen LogP contribution is 2.46. The molecule has 0 radical (unpaired) electrons. The van der Waals surface area contributed by atoms with Gasteiger partial charge >= 0.3 is 5.97 Å². The van der Waals surface area contributed by atoms with Crippen molar-refractivity contribution in [3.63, 3.8) is 0 Å². The Morgan fingerprint density at radius 3 is 2.36 bits per heavy atom. The lowest BCUT2D eigenvalue weighted by atomic mass is 9.89. The molecule has 0 saturated heterocycles. The van der Waals surface area contributed by atoms with E-state index in [-0.39, 0.29) is 17.2 Å². The largest absolute Gasteiger partial charge is 0.481 e. The van der Waals surface area contributed by atoms with Crippen LogP contribution in [0.3, 0.4) is 0 Å². The molecule has 0 saturated carbocycles. The first-order valence-electron chi connectivity index (χ1n) is 7.69. The molecule has 3 rings (SSSR count). The molecule has 25 heavy (non-hydrogen) atoms. The average molecular weight is 360 g/mol. The van der Waals surface area contributed by atoms with Gasteiger partial charge < -0.3 is 5.11 Å². The Labute approximate surface area is 145 Å². The van der Waals surface area contributed by atoms with E-state index in [1.165, 1.54) is 24.3 Å². The van der Waals surface area contributed by atoms with Crippen LogP contribution in [0.5, 0.6) is 0 Å². The van der Waals surface area contributed by atoms with E-state index in [4.69, 9.17) is 0 Å². The maximum absolute atomic E-state index is 13.7. The van der Waals surface area contributed by atoms with Crippen LogP contribution in [0.25, 0.3) is 5.57 Å². The minimum Gasteiger partial charge on any atom is -0.481 e. The molecule has 0 spiro atoms. The number of rotatable bonds is 4. The number of benzene rings is 2. The van der Waals surface area contributed by atoms with E-state index in [0.717, 1.165) is 23.0 Å². The van der Waals surface area contributed by atoms with Gasteiger partial charge in [0.15, 0.2) is 9.84 Å². The number of hydrogen-bond donors (Lipinski definition) is 1. The van der Waals surface area contributed by atoms with E-state index in [9.17, 15) is 22.7 Å². The molecule has 2 aromatic rings. The third-order valence-corrected chi connectivity index (χ3v) is 5.66. The highest BCUT2D eigenvalue weighted by Gasteiger charge is 2.31. The van der Waals surface area contributed by atoms with Crippen LogP contribution in [0.4, 0.5) is 4.39 Å². The third kappa shape index (κ3) is 3.22. The molecule has 1 N–H and O–H groups in total. The summed E-state index contributed by atoms with van der Waals surface area (Å²) < 4.78 is 36.9. The summed E-state index contributed by atoms with van der Waals surface area (Å²) in [6.07, 6.45) is 0.964. The van der Waals surface area contributed by atoms with E-state index in [0.29, 0.717) is 11.1 Å². The van der Waals surface area contributed by atoms with Gasteiger partial charge in [-0.2, -0.15) is 0 Å². The molecule has 6 heteroatoms. The number of hydrogen-bond acceptors (Lipinski definition) is 3. The first-order chi connectivity index (χ1) is 11.7. The molecular weight excluding hydrogens is 343 g/mol. The van der Waals surface area contributed by atoms with Crippen LogP contribution in [0.15, 0.2) is 52.9 Å². The van der Waals surface area contributed by atoms with Gasteiger partial charge in [-0.05, 0) is 53.5 Å². The highest BCUT2D eigenvalue weighted by atomic mass is 32.2. The zero-order valence-corrected chi connectivity index (χ0v) is 14.6. The molecule has 0 amide bonds. The molecule has 1 aliphatic rings. The second-order valence-electron chi connectivity index (χ2n) is 6.24. The minimum atomic E-state index is -3.29. The van der Waals surface area contributed by atoms with Gasteiger partial charge in [-0.3, -0.25) is 4.79 Å². The fourth-order valence-corrected chi connectivity index (χ4v) is 4.01. The standard InChI is InChI=1S/C19H17FO4S/c1-11-16(10-18(21)22)17-9-13(20)5-8-15(17)19(11)12-3-6-14(7-4-12)25(2,23)24/h3-9,19H,10H2,1-2H3,(H,21,22). The monoisotopic (exact) mass is 360 g/mol. The van der Waals surface area contributed by atoms with Gasteiger partial charge in [0.05, 0.1) is 11.3 Å². The Balaban J connectivity index is 2.13. The lowest BCUT2D eigenvalue weighted by Gasteiger charge is -2.15. The first kappa shape index (κ1) is 17.4. The summed E-state index contributed by atoms with van der Waals surface area (Å²) >= 11 is 0. The van der Waals surface area contributed by atoms with E-state index >= 15 is 0 Å². The van der Waals surface area contributed by atoms with E-state index in [1.807, 2.05) is 6.92 Å². The summed E-state index contributed by atoms with van der Waals surface area (Å²) in [5, 5.41) is 9.17. The summed E-state index contributed by atoms with van der Waals surface area (Å²) in [7, 11) is -3.29. The Morgan fingerprint density at radius 1 is 1.16 bits per heavy atom. The molecule has 130 valence electrons. The Bertz CT molecular complexity index is 989. The molecule has 0 aromatic heterocycles. The Hall–Kier alpha value is -2.47. The smallest absolute Gasteiger partial charge is 0.307 e. The molecule has 0 aliphatic heterocycles. The van der Waals surface area contributed by atoms with Gasteiger partial charge in [0, 0.05) is 12.2 Å². The van der Waals surface area contributed by atoms with Crippen LogP contribution in [0, 0.1) is 5.82 Å². The number of fused-ring (bicyclic) bond motifs is 1. The molecule has 1 atom stereocenters. The molecule has 0 fully saturated rings. The van der Waals surface area contributed by atoms with Crippen molar-refractivity contribution in [2.75, 3.05) is 6.26 Å². The van der Waals surface area contributed by atoms with Crippen LogP contribution in [0.2, 0.25) is 0 Å². The molecule has 1 unspecified atom stereocenters. The third-order valence-electron chi connectivity index (χ3n) is 4.53. The summed E-state index contributed by atoms with van der Waals surface area (Å²) in [4.78, 5) is 11.4. The summed E-state index contributed by atoms with van der Waals surface area (Å²) in [6, 6.07) is 10.9. The molecule has 2 aromatic carbocycles. The van der Waals surface area contributed by atoms with Gasteiger partial charge in [0.1, 0.15) is 5.82 Å². The second-order valence-corrected chi connectivity index (χ2v) is 8.25. The van der Waals surface area contributed by atoms with E-state index in [2.05, 4.69) is 0 Å². The Kier molecular flexibility index (Phi) is 4.24. The van der Waals surface area contributed by atoms with Crippen molar-refractivity contribution in [1.29, 1.82) is 0 Å². The highest BCUT2D eigenvalue weighted by molar-refractivity contribution is 7.90. The number of carboxylic acids is 1. The fourth-order valence-electron chi connectivity index (χ4n) is 3.38. The zero-order chi connectivity index (χ0) is 18.4. The van der Waals surface area contributed by atoms with Crippen LogP contribution in [-0.4, -0.2) is 25.7 Å². The molecule has 0 heterocycles. The first-order valence-corrected chi connectivity index (χ1v) is 9.59. The van der Waals surface area contributed by atoms with Crippen molar-refractivity contribution < 1.29 is 22.7 Å². The predicted molar refractivity (Wildman–Crippen MR) is 92.6 cm³/mol. The quantitative estimate of drug-likeness (QED) is 0.904. The number of carboxylic acid groups (broad SMARTS) is 1. The normalized spacial score (nSPS) is 16.8. The van der Waals surface area contributed by atoms with Crippen molar-refractivity contribution >= 4 is 21.4 Å². The second kappa shape index (κ2) is 6.11. The van der Waals surface area contributed by atoms with Crippen molar-refractivity contribution in [2.45, 2.75) is 24.2 Å². The van der Waals surface area contributed by atoms with Gasteiger partial charge in [-0.1, -0.05) is 23.8 Å². The molecular formula is C19H17FO4S. The summed E-state index contributed by atoms with van der Waals surface area (Å²) in [5.74, 6) is -1.60. The molecule has 0 bridgehead atoms. The van der Waals surface area contributed by atoms with Gasteiger partial charge in [-0.25, -0.2) is 12.8 Å². The van der Waals surface area contributed by atoms with Crippen molar-refractivity contribution in [2.24, 2.45) is 0 Å². The van der Waals surface area contributed by atoms with Crippen LogP contribution < -0.4 is 0 Å².